The van der Waals surface area contributed by atoms with Crippen molar-refractivity contribution in [1.29, 1.82) is 0 Å². The maximum atomic E-state index is 5.73. The molecular formula is C5H9N5S. The van der Waals surface area contributed by atoms with Crippen molar-refractivity contribution < 1.29 is 0 Å². The van der Waals surface area contributed by atoms with Crippen molar-refractivity contribution in [3.8, 4) is 0 Å². The smallest absolute Gasteiger partial charge is 0.227 e. The molecule has 2 heterocycles. The van der Waals surface area contributed by atoms with Crippen molar-refractivity contribution in [2.24, 2.45) is 5.73 Å². The lowest BCUT2D eigenvalue weighted by Gasteiger charge is -2.10. The Hall–Kier alpha value is -0.750. The summed E-state index contributed by atoms with van der Waals surface area (Å²) in [7, 11) is 0. The molecule has 0 bridgehead atoms. The molecule has 0 aromatic carbocycles. The topological polar surface area (TPSA) is 67.9 Å². The van der Waals surface area contributed by atoms with Crippen molar-refractivity contribution in [3.63, 3.8) is 0 Å². The minimum absolute atomic E-state index is 0.291. The molecule has 1 aromatic rings. The van der Waals surface area contributed by atoms with Crippen molar-refractivity contribution in [3.05, 3.63) is 0 Å². The predicted molar refractivity (Wildman–Crippen MR) is 42.5 cm³/mol. The van der Waals surface area contributed by atoms with Gasteiger partial charge in [-0.05, 0) is 11.6 Å². The second-order valence-electron chi connectivity index (χ2n) is 2.64. The molecule has 2 rings (SSSR count). The van der Waals surface area contributed by atoms with Crippen LogP contribution < -0.4 is 10.6 Å². The zero-order valence-electron chi connectivity index (χ0n) is 5.97. The third-order valence-electron chi connectivity index (χ3n) is 1.78. The van der Waals surface area contributed by atoms with Gasteiger partial charge in [0.1, 0.15) is 0 Å². The predicted octanol–water partition coefficient (Wildman–Crippen LogP) is -0.530. The second kappa shape index (κ2) is 2.71. The van der Waals surface area contributed by atoms with Crippen LogP contribution in [0.25, 0.3) is 0 Å². The van der Waals surface area contributed by atoms with Gasteiger partial charge >= 0.3 is 0 Å². The van der Waals surface area contributed by atoms with Crippen LogP contribution in [0.2, 0.25) is 0 Å². The van der Waals surface area contributed by atoms with Crippen LogP contribution in [0.1, 0.15) is 6.42 Å². The molecule has 0 radical (unpaired) electrons. The first-order valence-corrected chi connectivity index (χ1v) is 4.29. The Bertz CT molecular complexity index is 223. The van der Waals surface area contributed by atoms with Gasteiger partial charge in [0.2, 0.25) is 5.13 Å². The van der Waals surface area contributed by atoms with Gasteiger partial charge in [0.15, 0.2) is 0 Å². The van der Waals surface area contributed by atoms with Crippen molar-refractivity contribution in [2.75, 3.05) is 18.0 Å². The molecule has 11 heavy (non-hydrogen) atoms. The number of rotatable bonds is 1. The Morgan fingerprint density at radius 2 is 2.55 bits per heavy atom. The molecule has 1 aliphatic heterocycles. The highest BCUT2D eigenvalue weighted by atomic mass is 32.1. The molecule has 5 nitrogen and oxygen atoms in total. The molecule has 60 valence electrons. The third-order valence-corrected chi connectivity index (χ3v) is 2.44. The van der Waals surface area contributed by atoms with E-state index in [1.54, 1.807) is 0 Å². The second-order valence-corrected chi connectivity index (χ2v) is 3.35. The van der Waals surface area contributed by atoms with Gasteiger partial charge in [-0.3, -0.25) is 0 Å². The Balaban J connectivity index is 2.08. The molecule has 6 heteroatoms. The van der Waals surface area contributed by atoms with Crippen molar-refractivity contribution >= 4 is 16.7 Å². The van der Waals surface area contributed by atoms with Crippen LogP contribution >= 0.6 is 11.5 Å². The van der Waals surface area contributed by atoms with E-state index in [4.69, 9.17) is 5.73 Å². The Morgan fingerprint density at radius 1 is 1.64 bits per heavy atom. The molecule has 2 N–H and O–H groups in total. The zero-order chi connectivity index (χ0) is 7.68. The molecule has 1 aromatic heterocycles. The van der Waals surface area contributed by atoms with E-state index in [0.717, 1.165) is 24.6 Å². The van der Waals surface area contributed by atoms with E-state index in [1.165, 1.54) is 11.5 Å². The number of aromatic nitrogens is 3. The molecule has 1 unspecified atom stereocenters. The first-order valence-electron chi connectivity index (χ1n) is 3.52. The Labute approximate surface area is 68.4 Å². The van der Waals surface area contributed by atoms with Crippen LogP contribution in [0.5, 0.6) is 0 Å². The maximum absolute atomic E-state index is 5.73. The molecule has 1 saturated heterocycles. The van der Waals surface area contributed by atoms with Gasteiger partial charge < -0.3 is 10.6 Å². The largest absolute Gasteiger partial charge is 0.344 e. The monoisotopic (exact) mass is 171 g/mol. The number of hydrogen-bond donors (Lipinski definition) is 1. The van der Waals surface area contributed by atoms with Gasteiger partial charge in [-0.1, -0.05) is 9.59 Å². The van der Waals surface area contributed by atoms with E-state index in [-0.39, 0.29) is 0 Å². The van der Waals surface area contributed by atoms with Crippen LogP contribution in [0, 0.1) is 0 Å². The highest BCUT2D eigenvalue weighted by molar-refractivity contribution is 7.09. The molecule has 1 aliphatic rings. The SMILES string of the molecule is NC1CCN(c2nnns2)C1. The van der Waals surface area contributed by atoms with E-state index in [0.29, 0.717) is 6.04 Å². The van der Waals surface area contributed by atoms with Gasteiger partial charge in [-0.25, -0.2) is 0 Å². The summed E-state index contributed by atoms with van der Waals surface area (Å²) < 4.78 is 3.69. The highest BCUT2D eigenvalue weighted by Crippen LogP contribution is 2.18. The summed E-state index contributed by atoms with van der Waals surface area (Å²) in [6.45, 7) is 1.87. The van der Waals surface area contributed by atoms with E-state index < -0.39 is 0 Å². The average Bonchev–Trinajstić information content (AvgIpc) is 2.55. The van der Waals surface area contributed by atoms with Crippen molar-refractivity contribution in [2.45, 2.75) is 12.5 Å². The summed E-state index contributed by atoms with van der Waals surface area (Å²) >= 11 is 1.32. The third kappa shape index (κ3) is 1.31. The highest BCUT2D eigenvalue weighted by Gasteiger charge is 2.21. The lowest BCUT2D eigenvalue weighted by molar-refractivity contribution is 0.751. The standard InChI is InChI=1S/C5H9N5S/c6-4-1-2-10(3-4)5-7-8-9-11-5/h4H,1-3,6H2. The quantitative estimate of drug-likeness (QED) is 0.615. The first kappa shape index (κ1) is 6.93. The van der Waals surface area contributed by atoms with Crippen LogP contribution in [-0.4, -0.2) is 33.9 Å². The fourth-order valence-corrected chi connectivity index (χ4v) is 1.71. The number of anilines is 1. The normalized spacial score (nSPS) is 24.5. The molecular weight excluding hydrogens is 162 g/mol. The van der Waals surface area contributed by atoms with Crippen LogP contribution in [0.15, 0.2) is 0 Å². The van der Waals surface area contributed by atoms with Gasteiger partial charge in [-0.2, -0.15) is 0 Å². The van der Waals surface area contributed by atoms with Gasteiger partial charge in [0, 0.05) is 30.7 Å². The van der Waals surface area contributed by atoms with E-state index >= 15 is 0 Å². The van der Waals surface area contributed by atoms with Crippen LogP contribution in [0.3, 0.4) is 0 Å². The maximum Gasteiger partial charge on any atom is 0.227 e. The van der Waals surface area contributed by atoms with E-state index in [2.05, 4.69) is 19.7 Å². The molecule has 1 fully saturated rings. The van der Waals surface area contributed by atoms with E-state index in [1.807, 2.05) is 0 Å². The minimum atomic E-state index is 0.291. The van der Waals surface area contributed by atoms with Gasteiger partial charge in [0.25, 0.3) is 0 Å². The van der Waals surface area contributed by atoms with Crippen LogP contribution in [-0.2, 0) is 0 Å². The lowest BCUT2D eigenvalue weighted by atomic mass is 10.3. The molecule has 1 atom stereocenters. The van der Waals surface area contributed by atoms with Gasteiger partial charge in [0.05, 0.1) is 0 Å². The average molecular weight is 171 g/mol. The summed E-state index contributed by atoms with van der Waals surface area (Å²) in [4.78, 5) is 2.12. The number of hydrogen-bond acceptors (Lipinski definition) is 6. The van der Waals surface area contributed by atoms with Gasteiger partial charge in [-0.15, -0.1) is 0 Å². The lowest BCUT2D eigenvalue weighted by Crippen LogP contribution is -2.26. The minimum Gasteiger partial charge on any atom is -0.344 e. The molecule has 0 aliphatic carbocycles. The fraction of sp³-hybridized carbons (Fsp3) is 0.800. The zero-order valence-corrected chi connectivity index (χ0v) is 6.79. The summed E-state index contributed by atoms with van der Waals surface area (Å²) in [5.41, 5.74) is 5.73. The Morgan fingerprint density at radius 3 is 3.09 bits per heavy atom. The Kier molecular flexibility index (Phi) is 1.71. The summed E-state index contributed by atoms with van der Waals surface area (Å²) in [6, 6.07) is 0.291. The van der Waals surface area contributed by atoms with Crippen molar-refractivity contribution in [1.82, 2.24) is 14.8 Å². The summed E-state index contributed by atoms with van der Waals surface area (Å²) in [5.74, 6) is 0. The fourth-order valence-electron chi connectivity index (χ4n) is 1.21. The molecule has 0 spiro atoms. The molecule has 0 amide bonds. The van der Waals surface area contributed by atoms with Crippen LogP contribution in [0.4, 0.5) is 5.13 Å². The molecule has 0 saturated carbocycles. The number of nitrogens with zero attached hydrogens (tertiary/aromatic N) is 4. The van der Waals surface area contributed by atoms with E-state index in [9.17, 15) is 0 Å². The first-order chi connectivity index (χ1) is 5.36. The number of nitrogens with two attached hydrogens (primary N) is 1. The summed E-state index contributed by atoms with van der Waals surface area (Å²) in [5, 5.41) is 8.28. The summed E-state index contributed by atoms with van der Waals surface area (Å²) in [6.07, 6.45) is 1.04.